The molecule has 1 aromatic carbocycles. The van der Waals surface area contributed by atoms with E-state index >= 15 is 0 Å². The van der Waals surface area contributed by atoms with Gasteiger partial charge in [0.15, 0.2) is 0 Å². The molecule has 0 unspecified atom stereocenters. The fourth-order valence-corrected chi connectivity index (χ4v) is 3.26. The highest BCUT2D eigenvalue weighted by Crippen LogP contribution is 2.37. The molecule has 0 bridgehead atoms. The largest absolute Gasteiger partial charge is 0.336 e. The average molecular weight is 287 g/mol. The maximum absolute atomic E-state index is 12.2. The number of hydrogen-bond acceptors (Lipinski definition) is 3. The van der Waals surface area contributed by atoms with E-state index in [0.717, 1.165) is 36.9 Å². The number of nitrogens with two attached hydrogens (primary N) is 1. The van der Waals surface area contributed by atoms with Crippen LogP contribution >= 0.6 is 0 Å². The van der Waals surface area contributed by atoms with Crippen LogP contribution in [0.2, 0.25) is 0 Å². The molecule has 1 aliphatic heterocycles. The summed E-state index contributed by atoms with van der Waals surface area (Å²) < 4.78 is 0. The highest BCUT2D eigenvalue weighted by Gasteiger charge is 2.34. The van der Waals surface area contributed by atoms with E-state index in [2.05, 4.69) is 0 Å². The average Bonchev–Trinajstić information content (AvgIpc) is 2.93. The van der Waals surface area contributed by atoms with Gasteiger partial charge < -0.3 is 15.5 Å². The summed E-state index contributed by atoms with van der Waals surface area (Å²) >= 11 is 0. The third kappa shape index (κ3) is 2.42. The van der Waals surface area contributed by atoms with E-state index in [4.69, 9.17) is 5.73 Å². The Morgan fingerprint density at radius 1 is 1.10 bits per heavy atom. The number of anilines is 1. The van der Waals surface area contributed by atoms with E-state index in [1.165, 1.54) is 4.90 Å². The Labute approximate surface area is 124 Å². The number of hydrogen-bond donors (Lipinski definition) is 1. The first-order valence-electron chi connectivity index (χ1n) is 7.48. The quantitative estimate of drug-likeness (QED) is 0.832. The molecule has 1 aromatic rings. The summed E-state index contributed by atoms with van der Waals surface area (Å²) in [4.78, 5) is 27.0. The fraction of sp³-hybridized carbons (Fsp3) is 0.500. The van der Waals surface area contributed by atoms with Gasteiger partial charge in [-0.2, -0.15) is 0 Å². The van der Waals surface area contributed by atoms with Crippen LogP contribution in [0.3, 0.4) is 0 Å². The van der Waals surface area contributed by atoms with Gasteiger partial charge in [0, 0.05) is 31.4 Å². The van der Waals surface area contributed by atoms with Crippen LogP contribution in [0.15, 0.2) is 24.3 Å². The maximum atomic E-state index is 12.2. The molecule has 1 aliphatic carbocycles. The van der Waals surface area contributed by atoms with Gasteiger partial charge in [0.05, 0.1) is 0 Å². The highest BCUT2D eigenvalue weighted by atomic mass is 16.2. The SMILES string of the molecule is CN1CCN(c2cccc(C3(N)CCCC3)c2)C(=O)C1=O. The Hall–Kier alpha value is -1.88. The van der Waals surface area contributed by atoms with Crippen molar-refractivity contribution in [2.45, 2.75) is 31.2 Å². The van der Waals surface area contributed by atoms with Crippen LogP contribution in [0.25, 0.3) is 0 Å². The molecule has 5 nitrogen and oxygen atoms in total. The van der Waals surface area contributed by atoms with E-state index in [1.54, 1.807) is 11.9 Å². The van der Waals surface area contributed by atoms with E-state index < -0.39 is 11.8 Å². The Kier molecular flexibility index (Phi) is 3.45. The van der Waals surface area contributed by atoms with Crippen molar-refractivity contribution in [2.75, 3.05) is 25.0 Å². The van der Waals surface area contributed by atoms with Crippen LogP contribution in [0.5, 0.6) is 0 Å². The molecule has 1 saturated carbocycles. The Bertz CT molecular complexity index is 579. The van der Waals surface area contributed by atoms with Crippen molar-refractivity contribution in [1.29, 1.82) is 0 Å². The molecule has 2 aliphatic rings. The molecule has 1 heterocycles. The minimum absolute atomic E-state index is 0.282. The van der Waals surface area contributed by atoms with Crippen LogP contribution in [-0.4, -0.2) is 36.9 Å². The number of piperazine rings is 1. The van der Waals surface area contributed by atoms with Gasteiger partial charge in [-0.1, -0.05) is 25.0 Å². The lowest BCUT2D eigenvalue weighted by Gasteiger charge is -2.32. The second kappa shape index (κ2) is 5.15. The number of carbonyl (C=O) groups is 2. The lowest BCUT2D eigenvalue weighted by Crippen LogP contribution is -2.53. The number of carbonyl (C=O) groups excluding carboxylic acids is 2. The van der Waals surface area contributed by atoms with Gasteiger partial charge in [0.25, 0.3) is 0 Å². The minimum atomic E-state index is -0.460. The Morgan fingerprint density at radius 3 is 2.52 bits per heavy atom. The Morgan fingerprint density at radius 2 is 1.81 bits per heavy atom. The Balaban J connectivity index is 1.90. The monoisotopic (exact) mass is 287 g/mol. The normalized spacial score (nSPS) is 22.0. The number of likely N-dealkylation sites (N-methyl/N-ethyl adjacent to an activating group) is 1. The second-order valence-electron chi connectivity index (χ2n) is 6.10. The zero-order valence-electron chi connectivity index (χ0n) is 12.3. The van der Waals surface area contributed by atoms with Crippen molar-refractivity contribution in [3.63, 3.8) is 0 Å². The number of rotatable bonds is 2. The van der Waals surface area contributed by atoms with E-state index in [9.17, 15) is 9.59 Å². The van der Waals surface area contributed by atoms with Crippen LogP contribution in [0.1, 0.15) is 31.2 Å². The molecule has 2 N–H and O–H groups in total. The van der Waals surface area contributed by atoms with Gasteiger partial charge in [0.1, 0.15) is 0 Å². The van der Waals surface area contributed by atoms with E-state index in [1.807, 2.05) is 24.3 Å². The maximum Gasteiger partial charge on any atom is 0.316 e. The standard InChI is InChI=1S/C16H21N3O2/c1-18-9-10-19(15(21)14(18)20)13-6-4-5-12(11-13)16(17)7-2-3-8-16/h4-6,11H,2-3,7-10,17H2,1H3. The van der Waals surface area contributed by atoms with Crippen molar-refractivity contribution in [3.8, 4) is 0 Å². The summed E-state index contributed by atoms with van der Waals surface area (Å²) in [6.07, 6.45) is 4.25. The van der Waals surface area contributed by atoms with Crippen molar-refractivity contribution < 1.29 is 9.59 Å². The molecule has 5 heteroatoms. The molecule has 21 heavy (non-hydrogen) atoms. The zero-order chi connectivity index (χ0) is 15.0. The zero-order valence-corrected chi connectivity index (χ0v) is 12.3. The molecule has 2 amide bonds. The summed E-state index contributed by atoms with van der Waals surface area (Å²) in [5, 5.41) is 0. The van der Waals surface area contributed by atoms with Gasteiger partial charge in [0.2, 0.25) is 0 Å². The minimum Gasteiger partial charge on any atom is -0.336 e. The van der Waals surface area contributed by atoms with Crippen molar-refractivity contribution >= 4 is 17.5 Å². The van der Waals surface area contributed by atoms with Gasteiger partial charge in [-0.25, -0.2) is 0 Å². The van der Waals surface area contributed by atoms with Gasteiger partial charge in [-0.05, 0) is 30.5 Å². The molecular formula is C16H21N3O2. The fourth-order valence-electron chi connectivity index (χ4n) is 3.26. The summed E-state index contributed by atoms with van der Waals surface area (Å²) in [6, 6.07) is 7.80. The molecule has 0 radical (unpaired) electrons. The van der Waals surface area contributed by atoms with E-state index in [-0.39, 0.29) is 5.54 Å². The van der Waals surface area contributed by atoms with Crippen LogP contribution in [0.4, 0.5) is 5.69 Å². The number of amides is 2. The lowest BCUT2D eigenvalue weighted by molar-refractivity contribution is -0.145. The first kappa shape index (κ1) is 14.1. The van der Waals surface area contributed by atoms with Gasteiger partial charge >= 0.3 is 11.8 Å². The molecule has 0 atom stereocenters. The molecule has 1 saturated heterocycles. The smallest absolute Gasteiger partial charge is 0.316 e. The molecular weight excluding hydrogens is 266 g/mol. The van der Waals surface area contributed by atoms with Gasteiger partial charge in [-0.15, -0.1) is 0 Å². The van der Waals surface area contributed by atoms with Crippen LogP contribution in [0, 0.1) is 0 Å². The summed E-state index contributed by atoms with van der Waals surface area (Å²) in [5.41, 5.74) is 8.04. The topological polar surface area (TPSA) is 66.6 Å². The summed E-state index contributed by atoms with van der Waals surface area (Å²) in [7, 11) is 1.65. The predicted octanol–water partition coefficient (Wildman–Crippen LogP) is 1.22. The number of benzene rings is 1. The van der Waals surface area contributed by atoms with Gasteiger partial charge in [-0.3, -0.25) is 9.59 Å². The molecule has 0 aromatic heterocycles. The lowest BCUT2D eigenvalue weighted by atomic mass is 9.89. The molecule has 112 valence electrons. The third-order valence-corrected chi connectivity index (χ3v) is 4.66. The first-order valence-corrected chi connectivity index (χ1v) is 7.48. The summed E-state index contributed by atoms with van der Waals surface area (Å²) in [5.74, 6) is -0.909. The van der Waals surface area contributed by atoms with Crippen molar-refractivity contribution in [1.82, 2.24) is 4.90 Å². The van der Waals surface area contributed by atoms with Crippen molar-refractivity contribution in [2.24, 2.45) is 5.73 Å². The van der Waals surface area contributed by atoms with Crippen molar-refractivity contribution in [3.05, 3.63) is 29.8 Å². The molecule has 0 spiro atoms. The number of nitrogens with zero attached hydrogens (tertiary/aromatic N) is 2. The second-order valence-corrected chi connectivity index (χ2v) is 6.10. The van der Waals surface area contributed by atoms with Crippen LogP contribution in [-0.2, 0) is 15.1 Å². The molecule has 3 rings (SSSR count). The summed E-state index contributed by atoms with van der Waals surface area (Å²) in [6.45, 7) is 1.09. The van der Waals surface area contributed by atoms with Crippen LogP contribution < -0.4 is 10.6 Å². The first-order chi connectivity index (χ1) is 10.0. The third-order valence-electron chi connectivity index (χ3n) is 4.66. The predicted molar refractivity (Wildman–Crippen MR) is 80.8 cm³/mol. The highest BCUT2D eigenvalue weighted by molar-refractivity contribution is 6.40. The van der Waals surface area contributed by atoms with E-state index in [0.29, 0.717) is 13.1 Å². The molecule has 2 fully saturated rings.